The van der Waals surface area contributed by atoms with Gasteiger partial charge in [0, 0.05) is 42.1 Å². The number of rotatable bonds is 8. The Labute approximate surface area is 574 Å². The standard InChI is InChI=1S/C50H38N2.C20H16B2N2O4.C15H13I/c1-49(2)41-13-7-5-11-37(41)39-27-25-35(29-43(39)49)31-17-21-33(22-18-31)47-48(52-46-16-10-9-15-45(46)51-47)34-23-19-32(20-24-34)36-26-28-40-38-12-6-8-14-42(38)50(3,4)44(40)30-36;25-21(26)15-9-5-13(6-10-15)19-20(14-7-11-16(12-8-14)22(27)28)24-18-4-2-1-3-17(18)23-19;1-15(2)13-6-4-3-5-11(13)12-8-7-10(16)9-14(12)15/h5-30H,1-4H3;1-12,25-28H;3-9H,1-2H3. The highest BCUT2D eigenvalue weighted by molar-refractivity contribution is 14.1. The predicted octanol–water partition coefficient (Wildman–Crippen LogP) is 17.8. The van der Waals surface area contributed by atoms with Crippen LogP contribution >= 0.6 is 22.6 Å². The van der Waals surface area contributed by atoms with Crippen LogP contribution < -0.4 is 10.9 Å². The molecule has 0 atom stereocenters. The highest BCUT2D eigenvalue weighted by atomic mass is 127. The molecule has 11 heteroatoms. The van der Waals surface area contributed by atoms with Gasteiger partial charge in [-0.2, -0.15) is 0 Å². The van der Waals surface area contributed by atoms with E-state index >= 15 is 0 Å². The average molecular weight is 1360 g/mol. The number of hydrogen-bond donors (Lipinski definition) is 4. The number of para-hydroxylation sites is 4. The summed E-state index contributed by atoms with van der Waals surface area (Å²) in [6, 6.07) is 94.0. The summed E-state index contributed by atoms with van der Waals surface area (Å²) in [5, 5.41) is 37.3. The molecule has 8 nitrogen and oxygen atoms in total. The summed E-state index contributed by atoms with van der Waals surface area (Å²) in [4.78, 5) is 19.9. The van der Waals surface area contributed by atoms with Crippen LogP contribution in [0.3, 0.4) is 0 Å². The van der Waals surface area contributed by atoms with E-state index in [1.165, 1.54) is 92.6 Å². The first-order valence-corrected chi connectivity index (χ1v) is 33.6. The minimum absolute atomic E-state index is 0.0317. The zero-order valence-corrected chi connectivity index (χ0v) is 56.2. The molecule has 0 spiro atoms. The summed E-state index contributed by atoms with van der Waals surface area (Å²) in [7, 11) is -3.07. The second-order valence-corrected chi connectivity index (χ2v) is 27.9. The first-order chi connectivity index (χ1) is 46.4. The van der Waals surface area contributed by atoms with Gasteiger partial charge in [0.05, 0.1) is 44.8 Å². The third kappa shape index (κ3) is 11.1. The van der Waals surface area contributed by atoms with Gasteiger partial charge in [0.25, 0.3) is 0 Å². The predicted molar refractivity (Wildman–Crippen MR) is 403 cm³/mol. The van der Waals surface area contributed by atoms with E-state index in [4.69, 9.17) is 19.9 Å². The van der Waals surface area contributed by atoms with Gasteiger partial charge in [-0.05, 0) is 171 Å². The molecule has 3 aliphatic rings. The Balaban J connectivity index is 0.000000142. The molecular formula is C85H67B2IN4O4. The van der Waals surface area contributed by atoms with Crippen molar-refractivity contribution in [2.75, 3.05) is 0 Å². The molecule has 0 bridgehead atoms. The van der Waals surface area contributed by atoms with Crippen LogP contribution in [-0.4, -0.2) is 54.3 Å². The van der Waals surface area contributed by atoms with Crippen molar-refractivity contribution >= 4 is 69.8 Å². The van der Waals surface area contributed by atoms with E-state index in [1.54, 1.807) is 48.5 Å². The maximum absolute atomic E-state index is 9.32. The molecule has 464 valence electrons. The molecule has 12 aromatic carbocycles. The van der Waals surface area contributed by atoms with Crippen molar-refractivity contribution in [2.24, 2.45) is 0 Å². The lowest BCUT2D eigenvalue weighted by Gasteiger charge is -2.22. The number of aromatic nitrogens is 4. The minimum atomic E-state index is -1.53. The summed E-state index contributed by atoms with van der Waals surface area (Å²) < 4.78 is 1.32. The van der Waals surface area contributed by atoms with Crippen LogP contribution in [0.15, 0.2) is 273 Å². The molecule has 0 unspecified atom stereocenters. The molecule has 0 saturated heterocycles. The molecule has 2 heterocycles. The number of hydrogen-bond acceptors (Lipinski definition) is 8. The van der Waals surface area contributed by atoms with Gasteiger partial charge in [-0.25, -0.2) is 19.9 Å². The number of fused-ring (bicyclic) bond motifs is 11. The first-order valence-electron chi connectivity index (χ1n) is 32.5. The monoisotopic (exact) mass is 1360 g/mol. The molecule has 4 N–H and O–H groups in total. The van der Waals surface area contributed by atoms with Crippen molar-refractivity contribution in [2.45, 2.75) is 57.8 Å². The maximum Gasteiger partial charge on any atom is 0.488 e. The van der Waals surface area contributed by atoms with Gasteiger partial charge in [0.2, 0.25) is 0 Å². The van der Waals surface area contributed by atoms with Gasteiger partial charge in [-0.1, -0.05) is 266 Å². The Bertz CT molecular complexity index is 5070. The fourth-order valence-electron chi connectivity index (χ4n) is 14.5. The zero-order chi connectivity index (χ0) is 66.2. The van der Waals surface area contributed by atoms with Crippen molar-refractivity contribution in [3.63, 3.8) is 0 Å². The summed E-state index contributed by atoms with van der Waals surface area (Å²) >= 11 is 2.39. The van der Waals surface area contributed by atoms with Gasteiger partial charge in [0.15, 0.2) is 0 Å². The quantitative estimate of drug-likeness (QED) is 0.0874. The van der Waals surface area contributed by atoms with E-state index < -0.39 is 14.2 Å². The highest BCUT2D eigenvalue weighted by Gasteiger charge is 2.38. The van der Waals surface area contributed by atoms with Crippen LogP contribution in [0.25, 0.3) is 123 Å². The molecule has 2 aromatic heterocycles. The fraction of sp³-hybridized carbons (Fsp3) is 0.106. The summed E-state index contributed by atoms with van der Waals surface area (Å²) in [5.74, 6) is 0. The summed E-state index contributed by atoms with van der Waals surface area (Å²) in [6.07, 6.45) is 0. The van der Waals surface area contributed by atoms with Crippen LogP contribution in [0.1, 0.15) is 74.9 Å². The Hall–Kier alpha value is -9.98. The summed E-state index contributed by atoms with van der Waals surface area (Å²) in [5.41, 5.74) is 32.4. The van der Waals surface area contributed by atoms with Crippen molar-refractivity contribution in [3.05, 3.63) is 310 Å². The highest BCUT2D eigenvalue weighted by Crippen LogP contribution is 2.52. The maximum atomic E-state index is 9.32. The van der Waals surface area contributed by atoms with Crippen molar-refractivity contribution < 1.29 is 20.1 Å². The van der Waals surface area contributed by atoms with E-state index in [0.29, 0.717) is 22.3 Å². The number of nitrogens with zero attached hydrogens (tertiary/aromatic N) is 4. The molecular weight excluding hydrogens is 1290 g/mol. The molecule has 3 aliphatic carbocycles. The van der Waals surface area contributed by atoms with Crippen molar-refractivity contribution in [3.8, 4) is 101 Å². The molecule has 0 fully saturated rings. The normalized spacial score (nSPS) is 13.6. The second-order valence-electron chi connectivity index (χ2n) is 26.7. The third-order valence-corrected chi connectivity index (χ3v) is 20.5. The molecule has 0 amide bonds. The lowest BCUT2D eigenvalue weighted by atomic mass is 9.79. The number of benzene rings is 12. The van der Waals surface area contributed by atoms with E-state index in [-0.39, 0.29) is 16.2 Å². The van der Waals surface area contributed by atoms with Gasteiger partial charge in [-0.3, -0.25) is 0 Å². The third-order valence-electron chi connectivity index (χ3n) is 19.8. The van der Waals surface area contributed by atoms with Gasteiger partial charge >= 0.3 is 14.2 Å². The van der Waals surface area contributed by atoms with Gasteiger partial charge in [-0.15, -0.1) is 0 Å². The fourth-order valence-corrected chi connectivity index (χ4v) is 15.0. The van der Waals surface area contributed by atoms with E-state index in [1.807, 2.05) is 48.5 Å². The van der Waals surface area contributed by atoms with Gasteiger partial charge in [0.1, 0.15) is 0 Å². The van der Waals surface area contributed by atoms with Crippen LogP contribution in [0.2, 0.25) is 0 Å². The zero-order valence-electron chi connectivity index (χ0n) is 54.1. The average Bonchev–Trinajstić information content (AvgIpc) is 1.57. The molecule has 17 rings (SSSR count). The topological polar surface area (TPSA) is 132 Å². The Morgan fingerprint density at radius 2 is 0.490 bits per heavy atom. The molecule has 96 heavy (non-hydrogen) atoms. The van der Waals surface area contributed by atoms with Crippen LogP contribution in [0.5, 0.6) is 0 Å². The molecule has 0 aliphatic heterocycles. The minimum Gasteiger partial charge on any atom is -0.423 e. The Morgan fingerprint density at radius 3 is 0.802 bits per heavy atom. The van der Waals surface area contributed by atoms with Crippen LogP contribution in [0, 0.1) is 3.57 Å². The lowest BCUT2D eigenvalue weighted by Crippen LogP contribution is -2.29. The lowest BCUT2D eigenvalue weighted by molar-refractivity contribution is 0.424. The van der Waals surface area contributed by atoms with E-state index in [2.05, 4.69) is 240 Å². The smallest absolute Gasteiger partial charge is 0.423 e. The molecule has 0 saturated carbocycles. The molecule has 0 radical (unpaired) electrons. The SMILES string of the molecule is CC1(C)c2ccccc2-c2ccc(-c3ccc(-c4nc5ccccc5nc4-c4ccc(-c5ccc6c(c5)C(C)(C)c5ccccc5-6)cc4)cc3)cc21.CC1(C)c2ccccc2-c2ccc(I)cc21.OB(O)c1ccc(-c2nc3ccccc3nc2-c2ccc(B(O)O)cc2)cc1. The van der Waals surface area contributed by atoms with E-state index in [0.717, 1.165) is 55.7 Å². The van der Waals surface area contributed by atoms with Crippen molar-refractivity contribution in [1.29, 1.82) is 0 Å². The second kappa shape index (κ2) is 24.7. The Morgan fingerprint density at radius 1 is 0.250 bits per heavy atom. The first kappa shape index (κ1) is 62.2. The van der Waals surface area contributed by atoms with Crippen molar-refractivity contribution in [1.82, 2.24) is 19.9 Å². The Kier molecular flexibility index (Phi) is 16.0. The largest absolute Gasteiger partial charge is 0.488 e. The van der Waals surface area contributed by atoms with Gasteiger partial charge < -0.3 is 20.1 Å². The molecule has 14 aromatic rings. The van der Waals surface area contributed by atoms with E-state index in [9.17, 15) is 20.1 Å². The van der Waals surface area contributed by atoms with Crippen LogP contribution in [0.4, 0.5) is 0 Å². The summed E-state index contributed by atoms with van der Waals surface area (Å²) in [6.45, 7) is 14.0. The number of halogens is 1. The van der Waals surface area contributed by atoms with Crippen LogP contribution in [-0.2, 0) is 16.2 Å².